The fourth-order valence-electron chi connectivity index (χ4n) is 2.67. The number of benzene rings is 2. The van der Waals surface area contributed by atoms with E-state index in [1.54, 1.807) is 18.2 Å². The van der Waals surface area contributed by atoms with Crippen LogP contribution < -0.4 is 10.6 Å². The number of thiazole rings is 1. The van der Waals surface area contributed by atoms with Gasteiger partial charge in [0.05, 0.1) is 12.1 Å². The molecule has 5 nitrogen and oxygen atoms in total. The predicted molar refractivity (Wildman–Crippen MR) is 109 cm³/mol. The molecule has 0 aliphatic carbocycles. The molecule has 144 valence electrons. The molecule has 1 heterocycles. The van der Waals surface area contributed by atoms with Gasteiger partial charge in [-0.1, -0.05) is 42.5 Å². The van der Waals surface area contributed by atoms with Crippen LogP contribution in [0.1, 0.15) is 18.1 Å². The maximum Gasteiger partial charge on any atom is 0.230 e. The molecule has 0 saturated carbocycles. The van der Waals surface area contributed by atoms with E-state index in [0.717, 1.165) is 23.2 Å². The van der Waals surface area contributed by atoms with Crippen LogP contribution in [0, 0.1) is 5.82 Å². The van der Waals surface area contributed by atoms with Gasteiger partial charge in [-0.15, -0.1) is 11.3 Å². The molecule has 0 unspecified atom stereocenters. The lowest BCUT2D eigenvalue weighted by Gasteiger charge is -2.04. The van der Waals surface area contributed by atoms with Crippen LogP contribution in [0.2, 0.25) is 0 Å². The summed E-state index contributed by atoms with van der Waals surface area (Å²) in [6, 6.07) is 14.1. The van der Waals surface area contributed by atoms with Crippen LogP contribution in [-0.4, -0.2) is 23.3 Å². The maximum atomic E-state index is 13.7. The Kier molecular flexibility index (Phi) is 6.49. The van der Waals surface area contributed by atoms with E-state index in [1.807, 2.05) is 29.6 Å². The average molecular weight is 397 g/mol. The van der Waals surface area contributed by atoms with Crippen LogP contribution in [0.3, 0.4) is 0 Å². The normalized spacial score (nSPS) is 10.5. The van der Waals surface area contributed by atoms with Crippen molar-refractivity contribution in [1.82, 2.24) is 10.3 Å². The highest BCUT2D eigenvalue weighted by Gasteiger charge is 2.11. The van der Waals surface area contributed by atoms with E-state index in [4.69, 9.17) is 0 Å². The third kappa shape index (κ3) is 5.47. The van der Waals surface area contributed by atoms with Gasteiger partial charge in [0.1, 0.15) is 5.82 Å². The maximum absolute atomic E-state index is 13.7. The molecule has 3 rings (SSSR count). The molecule has 0 aliphatic rings. The number of carbonyl (C=O) groups is 2. The van der Waals surface area contributed by atoms with Gasteiger partial charge in [-0.3, -0.25) is 9.59 Å². The average Bonchev–Trinajstić information content (AvgIpc) is 3.12. The number of hydrogen-bond acceptors (Lipinski definition) is 4. The molecule has 2 amide bonds. The number of hydrogen-bond donors (Lipinski definition) is 2. The van der Waals surface area contributed by atoms with E-state index in [-0.39, 0.29) is 18.2 Å². The molecule has 0 atom stereocenters. The highest BCUT2D eigenvalue weighted by molar-refractivity contribution is 7.14. The lowest BCUT2D eigenvalue weighted by Crippen LogP contribution is -2.22. The van der Waals surface area contributed by atoms with Gasteiger partial charge in [0.25, 0.3) is 0 Å². The van der Waals surface area contributed by atoms with E-state index >= 15 is 0 Å². The molecule has 7 heteroatoms. The molecule has 0 radical (unpaired) electrons. The van der Waals surface area contributed by atoms with Gasteiger partial charge in [0.2, 0.25) is 11.8 Å². The number of halogens is 1. The number of rotatable bonds is 7. The Bertz CT molecular complexity index is 970. The van der Waals surface area contributed by atoms with Crippen molar-refractivity contribution in [3.63, 3.8) is 0 Å². The van der Waals surface area contributed by atoms with Gasteiger partial charge in [-0.25, -0.2) is 9.37 Å². The summed E-state index contributed by atoms with van der Waals surface area (Å²) in [6.45, 7) is 2.10. The van der Waals surface area contributed by atoms with Crippen LogP contribution in [0.15, 0.2) is 53.9 Å². The Hall–Kier alpha value is -3.06. The summed E-state index contributed by atoms with van der Waals surface area (Å²) in [4.78, 5) is 27.5. The number of nitrogens with zero attached hydrogens (tertiary/aromatic N) is 1. The second-order valence-corrected chi connectivity index (χ2v) is 7.14. The van der Waals surface area contributed by atoms with Crippen molar-refractivity contribution in [2.24, 2.45) is 0 Å². The first-order chi connectivity index (χ1) is 13.5. The third-order valence-electron chi connectivity index (χ3n) is 4.10. The van der Waals surface area contributed by atoms with E-state index in [0.29, 0.717) is 17.2 Å². The molecule has 0 saturated heterocycles. The SMILES string of the molecule is CC(=O)NCCc1ccc(-c2csc(NC(=O)Cc3ccccc3F)n2)cc1. The summed E-state index contributed by atoms with van der Waals surface area (Å²) in [6.07, 6.45) is 0.721. The summed E-state index contributed by atoms with van der Waals surface area (Å²) in [5.41, 5.74) is 3.17. The van der Waals surface area contributed by atoms with Crippen molar-refractivity contribution in [2.75, 3.05) is 11.9 Å². The smallest absolute Gasteiger partial charge is 0.230 e. The lowest BCUT2D eigenvalue weighted by atomic mass is 10.1. The molecule has 2 aromatic carbocycles. The monoisotopic (exact) mass is 397 g/mol. The number of amides is 2. The summed E-state index contributed by atoms with van der Waals surface area (Å²) in [5.74, 6) is -0.737. The summed E-state index contributed by atoms with van der Waals surface area (Å²) in [7, 11) is 0. The quantitative estimate of drug-likeness (QED) is 0.637. The van der Waals surface area contributed by atoms with Gasteiger partial charge in [-0.2, -0.15) is 0 Å². The first-order valence-electron chi connectivity index (χ1n) is 8.84. The number of carbonyl (C=O) groups excluding carboxylic acids is 2. The second kappa shape index (κ2) is 9.23. The second-order valence-electron chi connectivity index (χ2n) is 6.28. The van der Waals surface area contributed by atoms with Crippen LogP contribution in [-0.2, 0) is 22.4 Å². The molecular formula is C21H20FN3O2S. The highest BCUT2D eigenvalue weighted by Crippen LogP contribution is 2.25. The molecule has 0 aliphatic heterocycles. The zero-order valence-electron chi connectivity index (χ0n) is 15.4. The van der Waals surface area contributed by atoms with E-state index < -0.39 is 5.82 Å². The zero-order valence-corrected chi connectivity index (χ0v) is 16.2. The Labute approximate surface area is 166 Å². The Morgan fingerprint density at radius 1 is 1.11 bits per heavy atom. The zero-order chi connectivity index (χ0) is 19.9. The van der Waals surface area contributed by atoms with Crippen LogP contribution in [0.5, 0.6) is 0 Å². The largest absolute Gasteiger partial charge is 0.356 e. The highest BCUT2D eigenvalue weighted by atomic mass is 32.1. The van der Waals surface area contributed by atoms with E-state index in [9.17, 15) is 14.0 Å². The van der Waals surface area contributed by atoms with Gasteiger partial charge >= 0.3 is 0 Å². The van der Waals surface area contributed by atoms with E-state index in [2.05, 4.69) is 15.6 Å². The minimum atomic E-state index is -0.393. The fourth-order valence-corrected chi connectivity index (χ4v) is 3.40. The van der Waals surface area contributed by atoms with E-state index in [1.165, 1.54) is 24.3 Å². The summed E-state index contributed by atoms with van der Waals surface area (Å²) >= 11 is 1.32. The number of nitrogens with one attached hydrogen (secondary N) is 2. The van der Waals surface area contributed by atoms with Gasteiger partial charge < -0.3 is 10.6 Å². The minimum absolute atomic E-state index is 0.0371. The van der Waals surface area contributed by atoms with Crippen molar-refractivity contribution in [1.29, 1.82) is 0 Å². The Balaban J connectivity index is 1.58. The first-order valence-corrected chi connectivity index (χ1v) is 9.72. The van der Waals surface area contributed by atoms with Crippen molar-refractivity contribution in [2.45, 2.75) is 19.8 Å². The summed E-state index contributed by atoms with van der Waals surface area (Å²) < 4.78 is 13.7. The fraction of sp³-hybridized carbons (Fsp3) is 0.190. The molecule has 28 heavy (non-hydrogen) atoms. The molecule has 2 N–H and O–H groups in total. The predicted octanol–water partition coefficient (Wildman–Crippen LogP) is 3.81. The Morgan fingerprint density at radius 3 is 2.57 bits per heavy atom. The molecule has 0 fully saturated rings. The van der Waals surface area contributed by atoms with Crippen molar-refractivity contribution < 1.29 is 14.0 Å². The van der Waals surface area contributed by atoms with Crippen LogP contribution in [0.4, 0.5) is 9.52 Å². The molecule has 0 spiro atoms. The van der Waals surface area contributed by atoms with Gasteiger partial charge in [0, 0.05) is 24.4 Å². The van der Waals surface area contributed by atoms with Crippen LogP contribution in [0.25, 0.3) is 11.3 Å². The topological polar surface area (TPSA) is 71.1 Å². The molecule has 3 aromatic rings. The van der Waals surface area contributed by atoms with Crippen molar-refractivity contribution >= 4 is 28.3 Å². The summed E-state index contributed by atoms with van der Waals surface area (Å²) in [5, 5.41) is 7.83. The molecular weight excluding hydrogens is 377 g/mol. The number of aromatic nitrogens is 1. The van der Waals surface area contributed by atoms with Crippen LogP contribution >= 0.6 is 11.3 Å². The van der Waals surface area contributed by atoms with Crippen molar-refractivity contribution in [3.05, 3.63) is 70.9 Å². The lowest BCUT2D eigenvalue weighted by molar-refractivity contribution is -0.119. The first kappa shape index (κ1) is 19.7. The van der Waals surface area contributed by atoms with Gasteiger partial charge in [0.15, 0.2) is 5.13 Å². The van der Waals surface area contributed by atoms with Gasteiger partial charge in [-0.05, 0) is 23.6 Å². The minimum Gasteiger partial charge on any atom is -0.356 e. The van der Waals surface area contributed by atoms with Crippen molar-refractivity contribution in [3.8, 4) is 11.3 Å². The number of anilines is 1. The third-order valence-corrected chi connectivity index (χ3v) is 4.85. The molecule has 1 aromatic heterocycles. The Morgan fingerprint density at radius 2 is 1.86 bits per heavy atom. The molecule has 0 bridgehead atoms. The standard InChI is InChI=1S/C21H20FN3O2S/c1-14(26)23-11-10-15-6-8-16(9-7-15)19-13-28-21(24-19)25-20(27)12-17-4-2-3-5-18(17)22/h2-9,13H,10-12H2,1H3,(H,23,26)(H,24,25,27).